The molecule has 2 aromatic heterocycles. The maximum Gasteiger partial charge on any atom is 0.262 e. The van der Waals surface area contributed by atoms with E-state index in [0.29, 0.717) is 44.4 Å². The number of thiophene rings is 1. The van der Waals surface area contributed by atoms with Crippen molar-refractivity contribution < 1.29 is 48.2 Å². The van der Waals surface area contributed by atoms with Crippen LogP contribution in [0.1, 0.15) is 26.9 Å². The molecule has 3 aromatic carbocycles. The number of aliphatic hydroxyl groups excluding tert-OH is 2. The number of primary amides is 1. The van der Waals surface area contributed by atoms with E-state index < -0.39 is 24.6 Å². The van der Waals surface area contributed by atoms with Crippen LogP contribution in [0.5, 0.6) is 40.2 Å². The molecule has 238 valence electrons. The number of carbonyl (C=O) groups is 1. The number of hydrogen-bond acceptors (Lipinski definition) is 12. The van der Waals surface area contributed by atoms with Crippen LogP contribution in [-0.4, -0.2) is 65.7 Å². The van der Waals surface area contributed by atoms with Crippen molar-refractivity contribution in [1.82, 2.24) is 9.55 Å². The molecule has 7 rings (SSSR count). The largest absolute Gasteiger partial charge is 0.493 e. The lowest BCUT2D eigenvalue weighted by molar-refractivity contribution is -0.0685. The number of fused-ring (bicyclic) bond motifs is 3. The van der Waals surface area contributed by atoms with Gasteiger partial charge in [0.05, 0.1) is 35.8 Å². The topological polar surface area (TPSA) is 166 Å². The maximum absolute atomic E-state index is 12.8. The molecule has 4 heterocycles. The summed E-state index contributed by atoms with van der Waals surface area (Å²) in [5.41, 5.74) is 7.97. The molecule has 5 aromatic rings. The molecule has 1 amide bonds. The Morgan fingerprint density at radius 1 is 1.00 bits per heavy atom. The van der Waals surface area contributed by atoms with Crippen LogP contribution in [0.25, 0.3) is 16.0 Å². The fraction of sp³-hybridized carbons (Fsp3) is 0.226. The standard InChI is InChI=1S/C31H26ClN3O10S/c1-39-20-8-16-17(9-21(20)40-2)35(13-34-16)23-10-22(30(46-23)31(33)38)45-28(14-4-3-5-18-27(14)41-11-24(36)43-18)26-15(32)6-7-19-29(26)42-12-25(37)44-19/h3-10,13,24-25,28,36-37H,11-12H2,1-2H3,(H2,33,38). The summed E-state index contributed by atoms with van der Waals surface area (Å²) in [5, 5.41) is 20.9. The molecule has 0 fully saturated rings. The van der Waals surface area contributed by atoms with Crippen LogP contribution in [-0.2, 0) is 0 Å². The molecule has 0 aliphatic carbocycles. The summed E-state index contributed by atoms with van der Waals surface area (Å²) >= 11 is 7.91. The third kappa shape index (κ3) is 5.14. The van der Waals surface area contributed by atoms with E-state index in [1.54, 1.807) is 59.4 Å². The van der Waals surface area contributed by atoms with Crippen molar-refractivity contribution in [1.29, 1.82) is 0 Å². The number of halogens is 1. The van der Waals surface area contributed by atoms with Crippen LogP contribution in [0.4, 0.5) is 0 Å². The fourth-order valence-corrected chi connectivity index (χ4v) is 6.53. The van der Waals surface area contributed by atoms with E-state index in [1.165, 1.54) is 14.2 Å². The van der Waals surface area contributed by atoms with Gasteiger partial charge in [0.15, 0.2) is 53.8 Å². The molecule has 0 saturated carbocycles. The predicted octanol–water partition coefficient (Wildman–Crippen LogP) is 4.20. The molecular weight excluding hydrogens is 642 g/mol. The van der Waals surface area contributed by atoms with E-state index in [0.717, 1.165) is 11.3 Å². The first-order valence-corrected chi connectivity index (χ1v) is 15.0. The second-order valence-electron chi connectivity index (χ2n) is 10.2. The van der Waals surface area contributed by atoms with Crippen LogP contribution < -0.4 is 38.9 Å². The Balaban J connectivity index is 1.39. The summed E-state index contributed by atoms with van der Waals surface area (Å²) in [5.74, 6) is 1.46. The van der Waals surface area contributed by atoms with Crippen molar-refractivity contribution in [2.75, 3.05) is 27.4 Å². The SMILES string of the molecule is COc1cc2ncn(-c3cc(OC(c4cccc5c4OCC(O)O5)c4c(Cl)ccc5c4OCC(O)O5)c(C(N)=O)s3)c2cc1OC. The lowest BCUT2D eigenvalue weighted by Gasteiger charge is -2.31. The molecule has 4 N–H and O–H groups in total. The van der Waals surface area contributed by atoms with Gasteiger partial charge in [0, 0.05) is 23.8 Å². The average Bonchev–Trinajstić information content (AvgIpc) is 3.66. The summed E-state index contributed by atoms with van der Waals surface area (Å²) in [4.78, 5) is 17.4. The normalized spacial score (nSPS) is 17.4. The van der Waals surface area contributed by atoms with Crippen LogP contribution >= 0.6 is 22.9 Å². The van der Waals surface area contributed by atoms with Crippen LogP contribution in [0.15, 0.2) is 54.9 Å². The highest BCUT2D eigenvalue weighted by molar-refractivity contribution is 7.16. The number of ether oxygens (including phenoxy) is 7. The van der Waals surface area contributed by atoms with Gasteiger partial charge in [-0.2, -0.15) is 0 Å². The lowest BCUT2D eigenvalue weighted by atomic mass is 9.97. The number of para-hydroxylation sites is 1. The smallest absolute Gasteiger partial charge is 0.262 e. The van der Waals surface area contributed by atoms with E-state index in [2.05, 4.69) is 4.98 Å². The van der Waals surface area contributed by atoms with Gasteiger partial charge in [-0.15, -0.1) is 11.3 Å². The molecular formula is C31H26ClN3O10S. The van der Waals surface area contributed by atoms with Crippen LogP contribution in [0.3, 0.4) is 0 Å². The number of carbonyl (C=O) groups excluding carboxylic acids is 1. The highest BCUT2D eigenvalue weighted by Crippen LogP contribution is 2.50. The van der Waals surface area contributed by atoms with Gasteiger partial charge in [0.2, 0.25) is 12.6 Å². The number of aromatic nitrogens is 2. The fourth-order valence-electron chi connectivity index (χ4n) is 5.35. The first-order chi connectivity index (χ1) is 22.2. The van der Waals surface area contributed by atoms with Gasteiger partial charge in [-0.25, -0.2) is 4.98 Å². The zero-order chi connectivity index (χ0) is 32.1. The van der Waals surface area contributed by atoms with E-state index in [9.17, 15) is 15.0 Å². The van der Waals surface area contributed by atoms with Gasteiger partial charge >= 0.3 is 0 Å². The predicted molar refractivity (Wildman–Crippen MR) is 165 cm³/mol. The van der Waals surface area contributed by atoms with E-state index in [4.69, 9.17) is 50.5 Å². The number of aliphatic hydroxyl groups is 2. The maximum atomic E-state index is 12.8. The van der Waals surface area contributed by atoms with Gasteiger partial charge < -0.3 is 49.1 Å². The molecule has 2 aliphatic heterocycles. The molecule has 0 bridgehead atoms. The average molecular weight is 668 g/mol. The second kappa shape index (κ2) is 11.8. The molecule has 0 saturated heterocycles. The molecule has 15 heteroatoms. The summed E-state index contributed by atoms with van der Waals surface area (Å²) < 4.78 is 42.4. The van der Waals surface area contributed by atoms with Crippen LogP contribution in [0.2, 0.25) is 5.02 Å². The van der Waals surface area contributed by atoms with Crippen molar-refractivity contribution in [3.8, 4) is 45.2 Å². The van der Waals surface area contributed by atoms with Crippen molar-refractivity contribution in [3.63, 3.8) is 0 Å². The summed E-state index contributed by atoms with van der Waals surface area (Å²) in [6.07, 6.45) is -1.84. The highest BCUT2D eigenvalue weighted by Gasteiger charge is 2.35. The van der Waals surface area contributed by atoms with Gasteiger partial charge in [0.25, 0.3) is 5.91 Å². The minimum atomic E-state index is -1.19. The quantitative estimate of drug-likeness (QED) is 0.217. The Bertz CT molecular complexity index is 1980. The molecule has 46 heavy (non-hydrogen) atoms. The van der Waals surface area contributed by atoms with Gasteiger partial charge in [-0.1, -0.05) is 23.7 Å². The molecule has 0 radical (unpaired) electrons. The van der Waals surface area contributed by atoms with Crippen molar-refractivity contribution in [3.05, 3.63) is 75.9 Å². The molecule has 2 aliphatic rings. The lowest BCUT2D eigenvalue weighted by Crippen LogP contribution is -2.30. The van der Waals surface area contributed by atoms with E-state index in [1.807, 2.05) is 0 Å². The number of amides is 1. The second-order valence-corrected chi connectivity index (χ2v) is 11.6. The van der Waals surface area contributed by atoms with Gasteiger partial charge in [-0.3, -0.25) is 9.36 Å². The minimum absolute atomic E-state index is 0.119. The van der Waals surface area contributed by atoms with Gasteiger partial charge in [0.1, 0.15) is 22.0 Å². The third-order valence-electron chi connectivity index (χ3n) is 7.37. The summed E-state index contributed by atoms with van der Waals surface area (Å²) in [6.45, 7) is -0.302. The zero-order valence-corrected chi connectivity index (χ0v) is 25.8. The first kappa shape index (κ1) is 29.8. The van der Waals surface area contributed by atoms with Crippen LogP contribution in [0, 0.1) is 0 Å². The molecule has 3 atom stereocenters. The van der Waals surface area contributed by atoms with Crippen molar-refractivity contribution in [2.24, 2.45) is 5.73 Å². The van der Waals surface area contributed by atoms with Gasteiger partial charge in [-0.05, 0) is 18.2 Å². The van der Waals surface area contributed by atoms with E-state index in [-0.39, 0.29) is 46.1 Å². The number of hydrogen-bond donors (Lipinski definition) is 3. The highest BCUT2D eigenvalue weighted by atomic mass is 35.5. The van der Waals surface area contributed by atoms with Crippen molar-refractivity contribution in [2.45, 2.75) is 18.7 Å². The molecule has 13 nitrogen and oxygen atoms in total. The Morgan fingerprint density at radius 2 is 1.70 bits per heavy atom. The number of methoxy groups -OCH3 is 2. The Labute approximate surface area is 270 Å². The van der Waals surface area contributed by atoms with Crippen molar-refractivity contribution >= 4 is 39.9 Å². The Morgan fingerprint density at radius 3 is 2.41 bits per heavy atom. The number of benzene rings is 3. The third-order valence-corrected chi connectivity index (χ3v) is 8.83. The Kier molecular flexibility index (Phi) is 7.64. The number of rotatable bonds is 8. The molecule has 3 unspecified atom stereocenters. The Hall–Kier alpha value is -4.89. The number of nitrogens with two attached hydrogens (primary N) is 1. The molecule has 0 spiro atoms. The van der Waals surface area contributed by atoms with E-state index >= 15 is 0 Å². The summed E-state index contributed by atoms with van der Waals surface area (Å²) in [7, 11) is 3.07. The first-order valence-electron chi connectivity index (χ1n) is 13.9. The zero-order valence-electron chi connectivity index (χ0n) is 24.3. The number of imidazole rings is 1. The minimum Gasteiger partial charge on any atom is -0.493 e. The number of nitrogens with zero attached hydrogens (tertiary/aromatic N) is 2. The monoisotopic (exact) mass is 667 g/mol. The summed E-state index contributed by atoms with van der Waals surface area (Å²) in [6, 6.07) is 13.4.